The summed E-state index contributed by atoms with van der Waals surface area (Å²) in [5.41, 5.74) is 0.816. The van der Waals surface area contributed by atoms with Crippen LogP contribution in [0.15, 0.2) is 37.0 Å². The van der Waals surface area contributed by atoms with Crippen LogP contribution in [0.5, 0.6) is 0 Å². The molecule has 0 aromatic carbocycles. The third-order valence-corrected chi connectivity index (χ3v) is 9.54. The van der Waals surface area contributed by atoms with Crippen LogP contribution in [0.2, 0.25) is 0 Å². The number of nitrogens with zero attached hydrogens (tertiary/aromatic N) is 5. The number of ether oxygens (including phenoxy) is 3. The number of β-amino-alcohol motifs (C(OH)–C–C–N with tert-alkyl or cyclic N) is 1. The summed E-state index contributed by atoms with van der Waals surface area (Å²) in [6.45, 7) is 14.3. The first kappa shape index (κ1) is 42.6. The quantitative estimate of drug-likeness (QED) is 0.0868. The topological polar surface area (TPSA) is 151 Å². The van der Waals surface area contributed by atoms with Crippen LogP contribution in [0.1, 0.15) is 6.92 Å². The molecule has 270 valence electrons. The molecule has 0 radical (unpaired) electrons. The molecule has 0 spiro atoms. The van der Waals surface area contributed by atoms with E-state index in [1.165, 1.54) is 28.4 Å². The SMILES string of the molecule is C=C/C=C(\C=C)CN(CC(O)CN1CCN(CC(=O)OC)CCN(CC(=O)OC)CCN(CC(=O)OC)CC1)CP(=O)(OC)OCC. The third-order valence-electron chi connectivity index (χ3n) is 7.59. The number of hydrogen-bond donors (Lipinski definition) is 1. The van der Waals surface area contributed by atoms with Crippen LogP contribution >= 0.6 is 7.60 Å². The van der Waals surface area contributed by atoms with Crippen LogP contribution in [-0.2, 0) is 42.2 Å². The molecule has 2 unspecified atom stereocenters. The number of allylic oxidation sites excluding steroid dienone is 2. The lowest BCUT2D eigenvalue weighted by atomic mass is 10.2. The highest BCUT2D eigenvalue weighted by Gasteiger charge is 2.29. The minimum atomic E-state index is -3.46. The van der Waals surface area contributed by atoms with E-state index in [2.05, 4.69) is 18.1 Å². The number of carbonyl (C=O) groups excluding carboxylic acids is 3. The van der Waals surface area contributed by atoms with Crippen molar-refractivity contribution in [2.75, 3.05) is 133 Å². The Hall–Kier alpha value is -2.46. The van der Waals surface area contributed by atoms with Gasteiger partial charge in [-0.3, -0.25) is 43.4 Å². The lowest BCUT2D eigenvalue weighted by molar-refractivity contribution is -0.144. The lowest BCUT2D eigenvalue weighted by Crippen LogP contribution is -2.50. The smallest absolute Gasteiger partial charge is 0.344 e. The van der Waals surface area contributed by atoms with Crippen molar-refractivity contribution < 1.29 is 47.3 Å². The van der Waals surface area contributed by atoms with Gasteiger partial charge in [-0.2, -0.15) is 0 Å². The molecule has 15 nitrogen and oxygen atoms in total. The van der Waals surface area contributed by atoms with Gasteiger partial charge in [0.25, 0.3) is 0 Å². The summed E-state index contributed by atoms with van der Waals surface area (Å²) in [5.74, 6) is -1.15. The number of carbonyl (C=O) groups is 3. The predicted octanol–water partition coefficient (Wildman–Crippen LogP) is 0.522. The monoisotopic (exact) mass is 689 g/mol. The Balaban J connectivity index is 3.24. The average molecular weight is 690 g/mol. The Morgan fingerprint density at radius 2 is 1.23 bits per heavy atom. The van der Waals surface area contributed by atoms with Gasteiger partial charge in [0.05, 0.1) is 53.7 Å². The average Bonchev–Trinajstić information content (AvgIpc) is 3.05. The molecule has 16 heteroatoms. The Labute approximate surface area is 280 Å². The molecule has 1 aliphatic rings. The first-order valence-electron chi connectivity index (χ1n) is 15.7. The van der Waals surface area contributed by atoms with E-state index in [1.54, 1.807) is 30.1 Å². The zero-order valence-electron chi connectivity index (χ0n) is 28.8. The number of rotatable bonds is 19. The Kier molecular flexibility index (Phi) is 21.6. The minimum absolute atomic E-state index is 0.0430. The van der Waals surface area contributed by atoms with Crippen molar-refractivity contribution >= 4 is 25.5 Å². The second kappa shape index (κ2) is 23.8. The Bertz CT molecular complexity index is 1030. The fourth-order valence-electron chi connectivity index (χ4n) is 4.99. The van der Waals surface area contributed by atoms with Gasteiger partial charge in [-0.1, -0.05) is 31.4 Å². The van der Waals surface area contributed by atoms with E-state index in [0.717, 1.165) is 5.57 Å². The van der Waals surface area contributed by atoms with Crippen molar-refractivity contribution in [3.05, 3.63) is 37.0 Å². The van der Waals surface area contributed by atoms with Crippen LogP contribution in [0.3, 0.4) is 0 Å². The number of methoxy groups -OCH3 is 3. The number of aliphatic hydroxyl groups is 1. The van der Waals surface area contributed by atoms with Crippen LogP contribution in [0, 0.1) is 0 Å². The number of esters is 3. The van der Waals surface area contributed by atoms with Crippen molar-refractivity contribution in [2.24, 2.45) is 0 Å². The summed E-state index contributed by atoms with van der Waals surface area (Å²) in [7, 11) is 1.88. The van der Waals surface area contributed by atoms with E-state index in [4.69, 9.17) is 23.3 Å². The summed E-state index contributed by atoms with van der Waals surface area (Å²) in [6, 6.07) is 0. The highest BCUT2D eigenvalue weighted by atomic mass is 31.2. The molecule has 0 aromatic rings. The number of aliphatic hydroxyl groups excluding tert-OH is 1. The molecule has 1 heterocycles. The van der Waals surface area contributed by atoms with E-state index in [-0.39, 0.29) is 63.5 Å². The molecule has 1 aliphatic heterocycles. The molecule has 0 saturated carbocycles. The highest BCUT2D eigenvalue weighted by molar-refractivity contribution is 7.53. The van der Waals surface area contributed by atoms with Gasteiger partial charge in [0, 0.05) is 79.1 Å². The summed E-state index contributed by atoms with van der Waals surface area (Å²) in [6.07, 6.45) is 4.18. The molecule has 1 rings (SSSR count). The summed E-state index contributed by atoms with van der Waals surface area (Å²) < 4.78 is 38.7. The van der Waals surface area contributed by atoms with Crippen molar-refractivity contribution in [3.63, 3.8) is 0 Å². The maximum atomic E-state index is 13.2. The van der Waals surface area contributed by atoms with Gasteiger partial charge in [0.1, 0.15) is 6.29 Å². The second-order valence-electron chi connectivity index (χ2n) is 11.1. The first-order valence-corrected chi connectivity index (χ1v) is 17.4. The zero-order valence-corrected chi connectivity index (χ0v) is 29.7. The van der Waals surface area contributed by atoms with Gasteiger partial charge in [-0.25, -0.2) is 0 Å². The van der Waals surface area contributed by atoms with Gasteiger partial charge in [-0.05, 0) is 12.5 Å². The first-order chi connectivity index (χ1) is 22.4. The largest absolute Gasteiger partial charge is 0.468 e. The maximum absolute atomic E-state index is 13.2. The molecule has 2 atom stereocenters. The van der Waals surface area contributed by atoms with E-state index in [1.807, 2.05) is 14.7 Å². The second-order valence-corrected chi connectivity index (χ2v) is 13.2. The minimum Gasteiger partial charge on any atom is -0.468 e. The predicted molar refractivity (Wildman–Crippen MR) is 179 cm³/mol. The van der Waals surface area contributed by atoms with Crippen molar-refractivity contribution in [1.29, 1.82) is 0 Å². The van der Waals surface area contributed by atoms with Crippen LogP contribution < -0.4 is 0 Å². The highest BCUT2D eigenvalue weighted by Crippen LogP contribution is 2.47. The fourth-order valence-corrected chi connectivity index (χ4v) is 6.39. The summed E-state index contributed by atoms with van der Waals surface area (Å²) >= 11 is 0. The Morgan fingerprint density at radius 3 is 1.57 bits per heavy atom. The molecule has 47 heavy (non-hydrogen) atoms. The van der Waals surface area contributed by atoms with E-state index >= 15 is 0 Å². The molecular formula is C31H56N5O10P. The summed E-state index contributed by atoms with van der Waals surface area (Å²) in [5, 5.41) is 11.4. The van der Waals surface area contributed by atoms with Gasteiger partial charge in [0.2, 0.25) is 0 Å². The molecule has 0 aliphatic carbocycles. The molecule has 1 N–H and O–H groups in total. The van der Waals surface area contributed by atoms with Crippen molar-refractivity contribution in [2.45, 2.75) is 13.0 Å². The maximum Gasteiger partial charge on any atom is 0.344 e. The number of hydrogen-bond acceptors (Lipinski definition) is 15. The van der Waals surface area contributed by atoms with Gasteiger partial charge >= 0.3 is 25.5 Å². The molecule has 0 amide bonds. The molecular weight excluding hydrogens is 633 g/mol. The van der Waals surface area contributed by atoms with Gasteiger partial charge < -0.3 is 28.4 Å². The van der Waals surface area contributed by atoms with Crippen molar-refractivity contribution in [3.8, 4) is 0 Å². The van der Waals surface area contributed by atoms with E-state index in [9.17, 15) is 24.1 Å². The van der Waals surface area contributed by atoms with Crippen LogP contribution in [0.25, 0.3) is 0 Å². The summed E-state index contributed by atoms with van der Waals surface area (Å²) in [4.78, 5) is 46.3. The zero-order chi connectivity index (χ0) is 35.2. The molecule has 1 fully saturated rings. The Morgan fingerprint density at radius 1 is 0.809 bits per heavy atom. The lowest BCUT2D eigenvalue weighted by Gasteiger charge is -2.35. The standard InChI is InChI=1S/C31H56N5O10P/c1-8-11-27(9-2)20-36(26-47(41,45-7)46-10-3)22-28(37)21-32-12-14-33(23-29(38)42-4)16-18-35(25-31(40)44-6)19-17-34(15-13-32)24-30(39)43-5/h8-9,11,28,37H,1-2,10,12-26H2,3-7H3/b27-11+. The van der Waals surface area contributed by atoms with Crippen LogP contribution in [0.4, 0.5) is 0 Å². The molecule has 1 saturated heterocycles. The molecule has 0 bridgehead atoms. The normalized spacial score (nSPS) is 18.7. The van der Waals surface area contributed by atoms with E-state index in [0.29, 0.717) is 58.9 Å². The van der Waals surface area contributed by atoms with Gasteiger partial charge in [0.15, 0.2) is 0 Å². The third kappa shape index (κ3) is 18.0. The van der Waals surface area contributed by atoms with Crippen molar-refractivity contribution in [1.82, 2.24) is 24.5 Å². The van der Waals surface area contributed by atoms with Crippen LogP contribution in [-0.4, -0.2) is 187 Å². The van der Waals surface area contributed by atoms with E-state index < -0.39 is 13.7 Å². The molecule has 0 aromatic heterocycles. The van der Waals surface area contributed by atoms with Gasteiger partial charge in [-0.15, -0.1) is 0 Å². The fraction of sp³-hybridized carbons (Fsp3) is 0.710.